The molecule has 0 aliphatic rings. The highest BCUT2D eigenvalue weighted by Crippen LogP contribution is 2.14. The lowest BCUT2D eigenvalue weighted by atomic mass is 10.2. The zero-order chi connectivity index (χ0) is 12.1. The van der Waals surface area contributed by atoms with Crippen molar-refractivity contribution < 1.29 is 4.39 Å². The highest BCUT2D eigenvalue weighted by atomic mass is 35.5. The third-order valence-corrected chi connectivity index (χ3v) is 2.74. The second-order valence-corrected chi connectivity index (χ2v) is 4.25. The molecule has 0 saturated heterocycles. The summed E-state index contributed by atoms with van der Waals surface area (Å²) < 4.78 is 12.5. The van der Waals surface area contributed by atoms with Crippen LogP contribution in [0, 0.1) is 0 Å². The van der Waals surface area contributed by atoms with Gasteiger partial charge in [0.05, 0.1) is 0 Å². The lowest BCUT2D eigenvalue weighted by Gasteiger charge is -2.07. The Bertz CT molecular complexity index is 482. The van der Waals surface area contributed by atoms with E-state index in [4.69, 9.17) is 11.6 Å². The van der Waals surface area contributed by atoms with Crippen molar-refractivity contribution in [2.45, 2.75) is 13.2 Å². The summed E-state index contributed by atoms with van der Waals surface area (Å²) in [4.78, 5) is 0. The van der Waals surface area contributed by atoms with Crippen LogP contribution < -0.4 is 5.32 Å². The van der Waals surface area contributed by atoms with Gasteiger partial charge in [-0.2, -0.15) is 0 Å². The molecule has 0 aliphatic heterocycles. The van der Waals surface area contributed by atoms with Gasteiger partial charge in [0.1, 0.15) is 6.67 Å². The van der Waals surface area contributed by atoms with E-state index in [0.717, 1.165) is 16.3 Å². The van der Waals surface area contributed by atoms with Crippen LogP contribution in [0.4, 0.5) is 10.1 Å². The summed E-state index contributed by atoms with van der Waals surface area (Å²) in [5.41, 5.74) is 2.75. The molecule has 0 amide bonds. The minimum absolute atomic E-state index is 0.434. The molecule has 2 aromatic carbocycles. The third-order valence-electron chi connectivity index (χ3n) is 2.49. The van der Waals surface area contributed by atoms with Gasteiger partial charge in [0.25, 0.3) is 0 Å². The molecule has 1 N–H and O–H groups in total. The van der Waals surface area contributed by atoms with E-state index < -0.39 is 6.67 Å². The van der Waals surface area contributed by atoms with Gasteiger partial charge in [-0.05, 0) is 35.4 Å². The van der Waals surface area contributed by atoms with E-state index in [1.807, 2.05) is 42.5 Å². The van der Waals surface area contributed by atoms with Gasteiger partial charge in [-0.15, -0.1) is 0 Å². The number of hydrogen-bond donors (Lipinski definition) is 1. The molecule has 17 heavy (non-hydrogen) atoms. The quantitative estimate of drug-likeness (QED) is 0.846. The summed E-state index contributed by atoms with van der Waals surface area (Å²) in [5, 5.41) is 3.98. The number of rotatable bonds is 4. The van der Waals surface area contributed by atoms with Crippen LogP contribution in [-0.2, 0) is 13.2 Å². The maximum absolute atomic E-state index is 12.5. The van der Waals surface area contributed by atoms with Gasteiger partial charge in [-0.3, -0.25) is 0 Å². The average Bonchev–Trinajstić information content (AvgIpc) is 2.38. The lowest BCUT2D eigenvalue weighted by Crippen LogP contribution is -1.99. The smallest absolute Gasteiger partial charge is 0.115 e. The predicted molar refractivity (Wildman–Crippen MR) is 70.0 cm³/mol. The van der Waals surface area contributed by atoms with Crippen LogP contribution in [0.25, 0.3) is 0 Å². The van der Waals surface area contributed by atoms with Gasteiger partial charge < -0.3 is 5.32 Å². The SMILES string of the molecule is FCc1cccc(NCc2ccc(Cl)cc2)c1. The number of alkyl halides is 1. The molecule has 1 nitrogen and oxygen atoms in total. The van der Waals surface area contributed by atoms with Gasteiger partial charge in [0.15, 0.2) is 0 Å². The molecule has 3 heteroatoms. The van der Waals surface area contributed by atoms with Crippen molar-refractivity contribution in [1.29, 1.82) is 0 Å². The molecule has 0 spiro atoms. The highest BCUT2D eigenvalue weighted by Gasteiger charge is 1.96. The Labute approximate surface area is 105 Å². The molecule has 0 aliphatic carbocycles. The van der Waals surface area contributed by atoms with E-state index in [9.17, 15) is 4.39 Å². The molecule has 0 saturated carbocycles. The van der Waals surface area contributed by atoms with E-state index in [-0.39, 0.29) is 0 Å². The van der Waals surface area contributed by atoms with Crippen molar-refractivity contribution in [2.24, 2.45) is 0 Å². The zero-order valence-electron chi connectivity index (χ0n) is 9.29. The normalized spacial score (nSPS) is 10.2. The first-order valence-corrected chi connectivity index (χ1v) is 5.79. The van der Waals surface area contributed by atoms with Gasteiger partial charge in [-0.25, -0.2) is 4.39 Å². The van der Waals surface area contributed by atoms with Gasteiger partial charge in [0.2, 0.25) is 0 Å². The fraction of sp³-hybridized carbons (Fsp3) is 0.143. The minimum atomic E-state index is -0.434. The first kappa shape index (κ1) is 11.9. The molecule has 0 bridgehead atoms. The molecule has 2 aromatic rings. The highest BCUT2D eigenvalue weighted by molar-refractivity contribution is 6.30. The first-order valence-electron chi connectivity index (χ1n) is 5.41. The molecule has 0 fully saturated rings. The first-order chi connectivity index (χ1) is 8.28. The standard InChI is InChI=1S/C14H13ClFN/c15-13-6-4-11(5-7-13)10-17-14-3-1-2-12(8-14)9-16/h1-8,17H,9-10H2. The van der Waals surface area contributed by atoms with Crippen molar-refractivity contribution in [1.82, 2.24) is 0 Å². The summed E-state index contributed by atoms with van der Waals surface area (Å²) in [7, 11) is 0. The van der Waals surface area contributed by atoms with Gasteiger partial charge in [0, 0.05) is 17.3 Å². The van der Waals surface area contributed by atoms with Crippen molar-refractivity contribution in [3.8, 4) is 0 Å². The largest absolute Gasteiger partial charge is 0.381 e. The van der Waals surface area contributed by atoms with Crippen molar-refractivity contribution in [3.63, 3.8) is 0 Å². The van der Waals surface area contributed by atoms with Crippen LogP contribution in [0.2, 0.25) is 5.02 Å². The van der Waals surface area contributed by atoms with E-state index in [1.54, 1.807) is 6.07 Å². The number of benzene rings is 2. The number of nitrogens with one attached hydrogen (secondary N) is 1. The Morgan fingerprint density at radius 2 is 1.76 bits per heavy atom. The molecule has 0 atom stereocenters. The average molecular weight is 250 g/mol. The monoisotopic (exact) mass is 249 g/mol. The second kappa shape index (κ2) is 5.69. The Hall–Kier alpha value is -1.54. The summed E-state index contributed by atoms with van der Waals surface area (Å²) in [6.07, 6.45) is 0. The van der Waals surface area contributed by atoms with Crippen molar-refractivity contribution in [2.75, 3.05) is 5.32 Å². The Morgan fingerprint density at radius 1 is 1.00 bits per heavy atom. The fourth-order valence-electron chi connectivity index (χ4n) is 1.57. The maximum atomic E-state index is 12.5. The summed E-state index contributed by atoms with van der Waals surface area (Å²) >= 11 is 5.81. The zero-order valence-corrected chi connectivity index (χ0v) is 10.0. The Balaban J connectivity index is 1.99. The van der Waals surface area contributed by atoms with E-state index in [0.29, 0.717) is 12.1 Å². The molecule has 88 valence electrons. The van der Waals surface area contributed by atoms with E-state index in [2.05, 4.69) is 5.32 Å². The summed E-state index contributed by atoms with van der Waals surface area (Å²) in [5.74, 6) is 0. The molecule has 0 aromatic heterocycles. The number of halogens is 2. The molecule has 0 unspecified atom stereocenters. The van der Waals surface area contributed by atoms with E-state index in [1.165, 1.54) is 0 Å². The lowest BCUT2D eigenvalue weighted by molar-refractivity contribution is 0.485. The topological polar surface area (TPSA) is 12.0 Å². The predicted octanol–water partition coefficient (Wildman–Crippen LogP) is 4.42. The van der Waals surface area contributed by atoms with Crippen LogP contribution >= 0.6 is 11.6 Å². The number of anilines is 1. The molecule has 0 heterocycles. The van der Waals surface area contributed by atoms with Crippen LogP contribution in [-0.4, -0.2) is 0 Å². The fourth-order valence-corrected chi connectivity index (χ4v) is 1.70. The van der Waals surface area contributed by atoms with Crippen LogP contribution in [0.3, 0.4) is 0 Å². The van der Waals surface area contributed by atoms with E-state index >= 15 is 0 Å². The molecular weight excluding hydrogens is 237 g/mol. The third kappa shape index (κ3) is 3.46. The second-order valence-electron chi connectivity index (χ2n) is 3.81. The molecule has 0 radical (unpaired) electrons. The maximum Gasteiger partial charge on any atom is 0.115 e. The minimum Gasteiger partial charge on any atom is -0.381 e. The number of hydrogen-bond acceptors (Lipinski definition) is 1. The Morgan fingerprint density at radius 3 is 2.47 bits per heavy atom. The van der Waals surface area contributed by atoms with Crippen LogP contribution in [0.5, 0.6) is 0 Å². The van der Waals surface area contributed by atoms with Crippen molar-refractivity contribution >= 4 is 17.3 Å². The molecule has 2 rings (SSSR count). The Kier molecular flexibility index (Phi) is 3.99. The van der Waals surface area contributed by atoms with Crippen molar-refractivity contribution in [3.05, 3.63) is 64.7 Å². The summed E-state index contributed by atoms with van der Waals surface area (Å²) in [6, 6.07) is 15.0. The van der Waals surface area contributed by atoms with Crippen LogP contribution in [0.1, 0.15) is 11.1 Å². The molecular formula is C14H13ClFN. The van der Waals surface area contributed by atoms with Crippen LogP contribution in [0.15, 0.2) is 48.5 Å². The van der Waals surface area contributed by atoms with Gasteiger partial charge in [-0.1, -0.05) is 35.9 Å². The summed E-state index contributed by atoms with van der Waals surface area (Å²) in [6.45, 7) is 0.267. The van der Waals surface area contributed by atoms with Gasteiger partial charge >= 0.3 is 0 Å².